The monoisotopic (exact) mass is 361 g/mol. The molecule has 0 unspecified atom stereocenters. The fourth-order valence-electron chi connectivity index (χ4n) is 3.12. The van der Waals surface area contributed by atoms with Crippen molar-refractivity contribution >= 4 is 5.88 Å². The van der Waals surface area contributed by atoms with Crippen LogP contribution in [0.5, 0.6) is 5.75 Å². The number of nitriles is 1. The van der Waals surface area contributed by atoms with Crippen molar-refractivity contribution in [3.8, 4) is 11.8 Å². The fourth-order valence-corrected chi connectivity index (χ4v) is 3.12. The predicted octanol–water partition coefficient (Wildman–Crippen LogP) is 4.71. The highest BCUT2D eigenvalue weighted by Crippen LogP contribution is 2.26. The average molecular weight is 361 g/mol. The van der Waals surface area contributed by atoms with Crippen molar-refractivity contribution in [2.75, 3.05) is 11.9 Å². The van der Waals surface area contributed by atoms with Gasteiger partial charge in [-0.25, -0.2) is 0 Å². The van der Waals surface area contributed by atoms with E-state index in [1.807, 2.05) is 32.0 Å². The molecular weight excluding hydrogens is 338 g/mol. The molecule has 0 bridgehead atoms. The van der Waals surface area contributed by atoms with Crippen molar-refractivity contribution < 1.29 is 9.15 Å². The zero-order chi connectivity index (χ0) is 19.2. The van der Waals surface area contributed by atoms with Crippen LogP contribution in [-0.2, 0) is 13.0 Å². The zero-order valence-electron chi connectivity index (χ0n) is 15.9. The third-order valence-electron chi connectivity index (χ3n) is 4.26. The van der Waals surface area contributed by atoms with E-state index in [0.29, 0.717) is 18.3 Å². The van der Waals surface area contributed by atoms with E-state index in [1.165, 1.54) is 11.1 Å². The summed E-state index contributed by atoms with van der Waals surface area (Å²) in [4.78, 5) is 4.23. The summed E-state index contributed by atoms with van der Waals surface area (Å²) in [6.45, 7) is 6.93. The molecule has 1 aromatic heterocycles. The topological polar surface area (TPSA) is 71.1 Å². The first kappa shape index (κ1) is 18.5. The molecule has 0 saturated carbocycles. The van der Waals surface area contributed by atoms with Gasteiger partial charge in [0.25, 0.3) is 0 Å². The molecular formula is C22H23N3O2. The van der Waals surface area contributed by atoms with E-state index >= 15 is 0 Å². The smallest absolute Gasteiger partial charge is 0.236 e. The van der Waals surface area contributed by atoms with E-state index < -0.39 is 0 Å². The van der Waals surface area contributed by atoms with Gasteiger partial charge in [0, 0.05) is 6.54 Å². The molecule has 2 aromatic carbocycles. The van der Waals surface area contributed by atoms with Gasteiger partial charge in [-0.2, -0.15) is 10.2 Å². The summed E-state index contributed by atoms with van der Waals surface area (Å²) in [5.74, 6) is 1.61. The number of aromatic nitrogens is 1. The third kappa shape index (κ3) is 4.68. The molecule has 1 heterocycles. The van der Waals surface area contributed by atoms with Gasteiger partial charge in [-0.3, -0.25) is 0 Å². The SMILES string of the molecule is Cc1cc(C)c(OCc2nc(C#N)c(NCCc3ccccc3)o2)c(C)c1. The highest BCUT2D eigenvalue weighted by atomic mass is 16.5. The highest BCUT2D eigenvalue weighted by Gasteiger charge is 2.14. The summed E-state index contributed by atoms with van der Waals surface area (Å²) in [5.41, 5.74) is 4.81. The molecule has 0 amide bonds. The second kappa shape index (κ2) is 8.41. The van der Waals surface area contributed by atoms with E-state index in [4.69, 9.17) is 9.15 Å². The Morgan fingerprint density at radius 1 is 1.11 bits per heavy atom. The van der Waals surface area contributed by atoms with Crippen molar-refractivity contribution in [2.45, 2.75) is 33.8 Å². The summed E-state index contributed by atoms with van der Waals surface area (Å²) in [5, 5.41) is 12.5. The number of benzene rings is 2. The summed E-state index contributed by atoms with van der Waals surface area (Å²) in [6.07, 6.45) is 0.833. The van der Waals surface area contributed by atoms with E-state index in [9.17, 15) is 5.26 Å². The van der Waals surface area contributed by atoms with Crippen LogP contribution in [-0.4, -0.2) is 11.5 Å². The second-order valence-electron chi connectivity index (χ2n) is 6.58. The van der Waals surface area contributed by atoms with Crippen LogP contribution >= 0.6 is 0 Å². The molecule has 0 aliphatic carbocycles. The molecule has 138 valence electrons. The van der Waals surface area contributed by atoms with E-state index in [1.54, 1.807) is 0 Å². The Hall–Kier alpha value is -3.26. The minimum absolute atomic E-state index is 0.180. The van der Waals surface area contributed by atoms with Crippen LogP contribution in [0.3, 0.4) is 0 Å². The molecule has 0 spiro atoms. The van der Waals surface area contributed by atoms with Crippen LogP contribution < -0.4 is 10.1 Å². The maximum atomic E-state index is 9.30. The summed E-state index contributed by atoms with van der Waals surface area (Å²) in [7, 11) is 0. The lowest BCUT2D eigenvalue weighted by Gasteiger charge is -2.11. The first-order valence-electron chi connectivity index (χ1n) is 8.95. The van der Waals surface area contributed by atoms with Crippen LogP contribution in [0.15, 0.2) is 46.9 Å². The number of nitrogens with one attached hydrogen (secondary N) is 1. The molecule has 0 saturated heterocycles. The van der Waals surface area contributed by atoms with Crippen molar-refractivity contribution in [1.82, 2.24) is 4.98 Å². The molecule has 0 aliphatic rings. The van der Waals surface area contributed by atoms with Crippen molar-refractivity contribution in [3.05, 3.63) is 76.3 Å². The standard InChI is InChI=1S/C22H23N3O2/c1-15-11-16(2)21(17(3)12-15)26-14-20-25-19(13-23)22(27-20)24-10-9-18-7-5-4-6-8-18/h4-8,11-12,24H,9-10,14H2,1-3H3. The Labute approximate surface area is 159 Å². The van der Waals surface area contributed by atoms with Crippen molar-refractivity contribution in [1.29, 1.82) is 5.26 Å². The molecule has 3 rings (SSSR count). The van der Waals surface area contributed by atoms with Gasteiger partial charge in [-0.15, -0.1) is 0 Å². The number of oxazole rings is 1. The molecule has 27 heavy (non-hydrogen) atoms. The minimum atomic E-state index is 0.180. The number of nitrogens with zero attached hydrogens (tertiary/aromatic N) is 2. The second-order valence-corrected chi connectivity index (χ2v) is 6.58. The Morgan fingerprint density at radius 2 is 1.81 bits per heavy atom. The molecule has 0 fully saturated rings. The first-order valence-corrected chi connectivity index (χ1v) is 8.95. The Morgan fingerprint density at radius 3 is 2.48 bits per heavy atom. The van der Waals surface area contributed by atoms with Gasteiger partial charge < -0.3 is 14.5 Å². The van der Waals surface area contributed by atoms with Crippen LogP contribution in [0.2, 0.25) is 0 Å². The summed E-state index contributed by atoms with van der Waals surface area (Å²) < 4.78 is 11.6. The van der Waals surface area contributed by atoms with Crippen LogP contribution in [0.1, 0.15) is 33.8 Å². The lowest BCUT2D eigenvalue weighted by atomic mass is 10.1. The van der Waals surface area contributed by atoms with Gasteiger partial charge in [0.2, 0.25) is 17.5 Å². The quantitative estimate of drug-likeness (QED) is 0.660. The average Bonchev–Trinajstić information content (AvgIpc) is 3.04. The molecule has 5 heteroatoms. The van der Waals surface area contributed by atoms with E-state index in [2.05, 4.69) is 47.6 Å². The molecule has 0 aliphatic heterocycles. The van der Waals surface area contributed by atoms with Crippen LogP contribution in [0, 0.1) is 32.1 Å². The fraction of sp³-hybridized carbons (Fsp3) is 0.273. The number of ether oxygens (including phenoxy) is 1. The lowest BCUT2D eigenvalue weighted by Crippen LogP contribution is -2.05. The predicted molar refractivity (Wildman–Crippen MR) is 105 cm³/mol. The molecule has 0 atom stereocenters. The number of rotatable bonds is 7. The third-order valence-corrected chi connectivity index (χ3v) is 4.26. The minimum Gasteiger partial charge on any atom is -0.483 e. The summed E-state index contributed by atoms with van der Waals surface area (Å²) in [6, 6.07) is 16.4. The zero-order valence-corrected chi connectivity index (χ0v) is 15.9. The number of anilines is 1. The normalized spacial score (nSPS) is 10.4. The Balaban J connectivity index is 1.63. The van der Waals surface area contributed by atoms with E-state index in [-0.39, 0.29) is 12.3 Å². The largest absolute Gasteiger partial charge is 0.483 e. The Bertz CT molecular complexity index is 932. The van der Waals surface area contributed by atoms with Gasteiger partial charge in [0.15, 0.2) is 6.61 Å². The van der Waals surface area contributed by atoms with Gasteiger partial charge in [-0.1, -0.05) is 48.0 Å². The van der Waals surface area contributed by atoms with Gasteiger partial charge >= 0.3 is 0 Å². The van der Waals surface area contributed by atoms with Crippen molar-refractivity contribution in [2.24, 2.45) is 0 Å². The van der Waals surface area contributed by atoms with Crippen LogP contribution in [0.4, 0.5) is 5.88 Å². The number of hydrogen-bond acceptors (Lipinski definition) is 5. The highest BCUT2D eigenvalue weighted by molar-refractivity contribution is 5.46. The molecule has 3 aromatic rings. The first-order chi connectivity index (χ1) is 13.1. The Kier molecular flexibility index (Phi) is 5.77. The van der Waals surface area contributed by atoms with Crippen molar-refractivity contribution in [3.63, 3.8) is 0 Å². The van der Waals surface area contributed by atoms with Gasteiger partial charge in [-0.05, 0) is 43.9 Å². The maximum absolute atomic E-state index is 9.30. The lowest BCUT2D eigenvalue weighted by molar-refractivity contribution is 0.261. The van der Waals surface area contributed by atoms with Crippen LogP contribution in [0.25, 0.3) is 0 Å². The number of aryl methyl sites for hydroxylation is 3. The van der Waals surface area contributed by atoms with Gasteiger partial charge in [0.05, 0.1) is 0 Å². The molecule has 1 N–H and O–H groups in total. The number of hydrogen-bond donors (Lipinski definition) is 1. The molecule has 5 nitrogen and oxygen atoms in total. The molecule has 0 radical (unpaired) electrons. The van der Waals surface area contributed by atoms with E-state index in [0.717, 1.165) is 23.3 Å². The summed E-state index contributed by atoms with van der Waals surface area (Å²) >= 11 is 0. The van der Waals surface area contributed by atoms with Gasteiger partial charge in [0.1, 0.15) is 11.8 Å². The maximum Gasteiger partial charge on any atom is 0.236 e.